The number of ether oxygens (including phenoxy) is 1. The average Bonchev–Trinajstić information content (AvgIpc) is 2.40. The van der Waals surface area contributed by atoms with Crippen LogP contribution in [0.2, 0.25) is 0 Å². The molecule has 1 aromatic rings. The third-order valence-electron chi connectivity index (χ3n) is 2.88. The minimum atomic E-state index is -0.310. The maximum absolute atomic E-state index is 5.72. The molecule has 0 radical (unpaired) electrons. The van der Waals surface area contributed by atoms with Crippen LogP contribution in [0.1, 0.15) is 37.8 Å². The molecule has 0 aromatic heterocycles. The minimum absolute atomic E-state index is 0.310. The third-order valence-corrected chi connectivity index (χ3v) is 2.88. The van der Waals surface area contributed by atoms with E-state index >= 15 is 0 Å². The zero-order valence-electron chi connectivity index (χ0n) is 12.2. The molecule has 0 heterocycles. The predicted octanol–water partition coefficient (Wildman–Crippen LogP) is 5.02. The first-order chi connectivity index (χ1) is 8.68. The second kappa shape index (κ2) is 8.71. The van der Waals surface area contributed by atoms with Gasteiger partial charge in [0.1, 0.15) is 0 Å². The molecule has 0 saturated heterocycles. The van der Waals surface area contributed by atoms with Crippen LogP contribution < -0.4 is 0 Å². The number of hydrogen-bond acceptors (Lipinski definition) is 1. The number of rotatable bonds is 6. The lowest BCUT2D eigenvalue weighted by molar-refractivity contribution is -0.00993. The second-order valence-corrected chi connectivity index (χ2v) is 4.05. The van der Waals surface area contributed by atoms with Crippen molar-refractivity contribution < 1.29 is 4.74 Å². The molecule has 0 bridgehead atoms. The van der Waals surface area contributed by atoms with Gasteiger partial charge in [-0.05, 0) is 25.3 Å². The Hall–Kier alpha value is -1.34. The topological polar surface area (TPSA) is 9.23 Å². The molecule has 0 spiro atoms. The highest BCUT2D eigenvalue weighted by molar-refractivity contribution is 5.29. The fourth-order valence-electron chi connectivity index (χ4n) is 2.00. The summed E-state index contributed by atoms with van der Waals surface area (Å²) >= 11 is 0. The van der Waals surface area contributed by atoms with Crippen LogP contribution in [0.4, 0.5) is 0 Å². The van der Waals surface area contributed by atoms with Crippen molar-refractivity contribution in [3.63, 3.8) is 0 Å². The molecule has 1 rings (SSSR count). The highest BCUT2D eigenvalue weighted by Crippen LogP contribution is 2.33. The van der Waals surface area contributed by atoms with Gasteiger partial charge in [-0.2, -0.15) is 0 Å². The van der Waals surface area contributed by atoms with Crippen LogP contribution in [0.15, 0.2) is 49.6 Å². The van der Waals surface area contributed by atoms with Crippen molar-refractivity contribution in [1.29, 1.82) is 0 Å². The zero-order chi connectivity index (χ0) is 14.0. The van der Waals surface area contributed by atoms with Gasteiger partial charge in [0.15, 0.2) is 0 Å². The van der Waals surface area contributed by atoms with Gasteiger partial charge in [-0.25, -0.2) is 0 Å². The fourth-order valence-corrected chi connectivity index (χ4v) is 2.00. The van der Waals surface area contributed by atoms with Crippen molar-refractivity contribution >= 4 is 0 Å². The van der Waals surface area contributed by atoms with Crippen molar-refractivity contribution in [2.75, 3.05) is 7.11 Å². The van der Waals surface area contributed by atoms with E-state index in [-0.39, 0.29) is 5.60 Å². The maximum atomic E-state index is 5.72. The molecular weight excluding hydrogens is 220 g/mol. The van der Waals surface area contributed by atoms with Crippen molar-refractivity contribution in [3.8, 4) is 0 Å². The second-order valence-electron chi connectivity index (χ2n) is 4.05. The lowest BCUT2D eigenvalue weighted by Crippen LogP contribution is -2.27. The van der Waals surface area contributed by atoms with Crippen LogP contribution >= 0.6 is 0 Å². The Bertz CT molecular complexity index is 356. The molecule has 0 aliphatic heterocycles. The van der Waals surface area contributed by atoms with Gasteiger partial charge in [0.2, 0.25) is 0 Å². The van der Waals surface area contributed by atoms with Crippen LogP contribution in [-0.4, -0.2) is 7.11 Å². The maximum Gasteiger partial charge on any atom is 0.0995 e. The van der Waals surface area contributed by atoms with E-state index in [1.54, 1.807) is 7.11 Å². The van der Waals surface area contributed by atoms with Gasteiger partial charge in [0, 0.05) is 7.11 Å². The Balaban J connectivity index is 0.00000137. The summed E-state index contributed by atoms with van der Waals surface area (Å²) < 4.78 is 5.72. The summed E-state index contributed by atoms with van der Waals surface area (Å²) in [7, 11) is 1.75. The molecule has 1 heteroatoms. The summed E-state index contributed by atoms with van der Waals surface area (Å²) in [5.74, 6) is 0. The lowest BCUT2D eigenvalue weighted by atomic mass is 9.86. The summed E-state index contributed by atoms with van der Waals surface area (Å²) in [6.07, 6.45) is 5.38. The lowest BCUT2D eigenvalue weighted by Gasteiger charge is -2.31. The first kappa shape index (κ1) is 16.7. The van der Waals surface area contributed by atoms with E-state index in [2.05, 4.69) is 44.3 Å². The zero-order valence-corrected chi connectivity index (χ0v) is 12.2. The van der Waals surface area contributed by atoms with Crippen molar-refractivity contribution in [3.05, 3.63) is 60.7 Å². The van der Waals surface area contributed by atoms with Crippen molar-refractivity contribution in [2.45, 2.75) is 39.2 Å². The van der Waals surface area contributed by atoms with Gasteiger partial charge in [0.25, 0.3) is 0 Å². The first-order valence-electron chi connectivity index (χ1n) is 6.52. The fraction of sp³-hybridized carbons (Fsp3) is 0.412. The molecule has 1 aromatic carbocycles. The van der Waals surface area contributed by atoms with Crippen LogP contribution in [0, 0.1) is 6.92 Å². The monoisotopic (exact) mass is 246 g/mol. The van der Waals surface area contributed by atoms with E-state index < -0.39 is 0 Å². The van der Waals surface area contributed by atoms with Crippen molar-refractivity contribution in [2.24, 2.45) is 0 Å². The van der Waals surface area contributed by atoms with Gasteiger partial charge in [0.05, 0.1) is 5.60 Å². The molecule has 0 aliphatic carbocycles. The van der Waals surface area contributed by atoms with E-state index in [1.165, 1.54) is 11.1 Å². The van der Waals surface area contributed by atoms with Gasteiger partial charge in [-0.3, -0.25) is 0 Å². The van der Waals surface area contributed by atoms with Gasteiger partial charge in [-0.1, -0.05) is 55.8 Å². The molecule has 0 atom stereocenters. The van der Waals surface area contributed by atoms with E-state index in [1.807, 2.05) is 26.0 Å². The Kier molecular flexibility index (Phi) is 8.06. The van der Waals surface area contributed by atoms with Crippen molar-refractivity contribution in [1.82, 2.24) is 0 Å². The Labute approximate surface area is 112 Å². The Morgan fingerprint density at radius 3 is 2.11 bits per heavy atom. The van der Waals surface area contributed by atoms with E-state index in [0.717, 1.165) is 12.8 Å². The number of methoxy groups -OCH3 is 1. The standard InChI is InChI=1S/C15H20O.C2H6/c1-5-10-15(16-4,11-6-2)14-9-7-8-13(3)12-14;1-2/h5-9,12H,1-2,10-11H2,3-4H3;1-2H3. The van der Waals surface area contributed by atoms with Crippen LogP contribution in [0.3, 0.4) is 0 Å². The Morgan fingerprint density at radius 2 is 1.72 bits per heavy atom. The SMILES string of the molecule is C=CCC(CC=C)(OC)c1cccc(C)c1.CC. The van der Waals surface area contributed by atoms with Crippen LogP contribution in [0.25, 0.3) is 0 Å². The molecule has 0 amide bonds. The summed E-state index contributed by atoms with van der Waals surface area (Å²) in [5, 5.41) is 0. The summed E-state index contributed by atoms with van der Waals surface area (Å²) in [4.78, 5) is 0. The molecule has 0 fully saturated rings. The molecule has 0 aliphatic rings. The van der Waals surface area contributed by atoms with E-state index in [4.69, 9.17) is 4.74 Å². The van der Waals surface area contributed by atoms with Gasteiger partial charge < -0.3 is 4.74 Å². The van der Waals surface area contributed by atoms with Crippen LogP contribution in [0.5, 0.6) is 0 Å². The molecular formula is C17H26O. The molecule has 1 nitrogen and oxygen atoms in total. The number of hydrogen-bond donors (Lipinski definition) is 0. The number of aryl methyl sites for hydroxylation is 1. The highest BCUT2D eigenvalue weighted by atomic mass is 16.5. The third kappa shape index (κ3) is 4.15. The van der Waals surface area contributed by atoms with Gasteiger partial charge >= 0.3 is 0 Å². The summed E-state index contributed by atoms with van der Waals surface area (Å²) in [6, 6.07) is 8.41. The van der Waals surface area contributed by atoms with E-state index in [9.17, 15) is 0 Å². The highest BCUT2D eigenvalue weighted by Gasteiger charge is 2.29. The molecule has 100 valence electrons. The molecule has 0 saturated carbocycles. The summed E-state index contributed by atoms with van der Waals surface area (Å²) in [5.41, 5.74) is 2.12. The smallest absolute Gasteiger partial charge is 0.0995 e. The Morgan fingerprint density at radius 1 is 1.17 bits per heavy atom. The summed E-state index contributed by atoms with van der Waals surface area (Å²) in [6.45, 7) is 13.7. The normalized spacial score (nSPS) is 10.2. The van der Waals surface area contributed by atoms with Gasteiger partial charge in [-0.15, -0.1) is 13.2 Å². The minimum Gasteiger partial charge on any atom is -0.373 e. The number of benzene rings is 1. The molecule has 18 heavy (non-hydrogen) atoms. The largest absolute Gasteiger partial charge is 0.373 e. The van der Waals surface area contributed by atoms with E-state index in [0.29, 0.717) is 0 Å². The first-order valence-corrected chi connectivity index (χ1v) is 6.52. The molecule has 0 unspecified atom stereocenters. The van der Waals surface area contributed by atoms with Crippen LogP contribution in [-0.2, 0) is 10.3 Å². The quantitative estimate of drug-likeness (QED) is 0.641. The molecule has 0 N–H and O–H groups in total. The predicted molar refractivity (Wildman–Crippen MR) is 80.8 cm³/mol. The average molecular weight is 246 g/mol.